The van der Waals surface area contributed by atoms with Crippen LogP contribution in [0.3, 0.4) is 0 Å². The second-order valence-electron chi connectivity index (χ2n) is 15.7. The third-order valence-electron chi connectivity index (χ3n) is 10.1. The molecule has 4 nitrogen and oxygen atoms in total. The van der Waals surface area contributed by atoms with Crippen molar-refractivity contribution >= 4 is 14.1 Å². The molecule has 3 rings (SSSR count). The summed E-state index contributed by atoms with van der Waals surface area (Å²) in [5.74, 6) is 6.64. The molecular weight excluding hydrogens is 645 g/mol. The van der Waals surface area contributed by atoms with E-state index in [-0.39, 0.29) is 29.5 Å². The Morgan fingerprint density at radius 1 is 0.686 bits per heavy atom. The number of hydrogen-bond donors (Lipinski definition) is 0. The van der Waals surface area contributed by atoms with Crippen LogP contribution in [-0.4, -0.2) is 26.3 Å². The fourth-order valence-corrected chi connectivity index (χ4v) is 7.32. The first-order valence-corrected chi connectivity index (χ1v) is 22.6. The second-order valence-corrected chi connectivity index (χ2v) is 20.4. The Labute approximate surface area is 312 Å². The third-order valence-corrected chi connectivity index (χ3v) is 14.6. The summed E-state index contributed by atoms with van der Waals surface area (Å²) in [6, 6.07) is 27.9. The van der Waals surface area contributed by atoms with E-state index in [2.05, 4.69) is 64.8 Å². The summed E-state index contributed by atoms with van der Waals surface area (Å²) < 4.78 is 19.5. The summed E-state index contributed by atoms with van der Waals surface area (Å²) in [6.07, 6.45) is 16.2. The van der Waals surface area contributed by atoms with Gasteiger partial charge in [0.2, 0.25) is 5.78 Å². The topological polar surface area (TPSA) is 44.8 Å². The molecule has 278 valence electrons. The first-order valence-electron chi connectivity index (χ1n) is 19.7. The smallest absolute Gasteiger partial charge is 0.208 e. The largest absolute Gasteiger partial charge is 0.489 e. The number of carbonyl (C=O) groups excluding carboxylic acids is 1. The van der Waals surface area contributed by atoms with Gasteiger partial charge in [-0.25, -0.2) is 0 Å². The van der Waals surface area contributed by atoms with E-state index in [0.717, 1.165) is 35.3 Å². The monoisotopic (exact) mass is 710 g/mol. The summed E-state index contributed by atoms with van der Waals surface area (Å²) in [7, 11) is -2.03. The molecule has 0 spiro atoms. The maximum Gasteiger partial charge on any atom is 0.208 e. The minimum atomic E-state index is -2.03. The van der Waals surface area contributed by atoms with Crippen molar-refractivity contribution in [3.05, 3.63) is 102 Å². The Balaban J connectivity index is 1.61. The molecule has 0 saturated carbocycles. The molecule has 0 bridgehead atoms. The van der Waals surface area contributed by atoms with E-state index in [9.17, 15) is 4.79 Å². The number of unbranched alkanes of at least 4 members (excludes halogenated alkanes) is 10. The average molecular weight is 711 g/mol. The van der Waals surface area contributed by atoms with E-state index >= 15 is 0 Å². The molecule has 5 heteroatoms. The normalized spacial score (nSPS) is 12.9. The Kier molecular flexibility index (Phi) is 19.4. The van der Waals surface area contributed by atoms with Gasteiger partial charge in [-0.3, -0.25) is 4.79 Å². The van der Waals surface area contributed by atoms with E-state index < -0.39 is 8.32 Å². The summed E-state index contributed by atoms with van der Waals surface area (Å²) in [5.41, 5.74) is 3.00. The number of hydrogen-bond acceptors (Lipinski definition) is 4. The van der Waals surface area contributed by atoms with E-state index in [0.29, 0.717) is 19.6 Å². The Morgan fingerprint density at radius 2 is 1.22 bits per heavy atom. The highest BCUT2D eigenvalue weighted by Gasteiger charge is 2.39. The van der Waals surface area contributed by atoms with Crippen LogP contribution in [0, 0.1) is 11.8 Å². The molecule has 0 unspecified atom stereocenters. The van der Waals surface area contributed by atoms with Gasteiger partial charge in [-0.05, 0) is 72.3 Å². The van der Waals surface area contributed by atoms with Gasteiger partial charge in [0.15, 0.2) is 8.32 Å². The lowest BCUT2D eigenvalue weighted by Crippen LogP contribution is -2.44. The van der Waals surface area contributed by atoms with Crippen molar-refractivity contribution in [3.8, 4) is 17.6 Å². The lowest BCUT2D eigenvalue weighted by atomic mass is 10.00. The van der Waals surface area contributed by atoms with Gasteiger partial charge in [0.25, 0.3) is 0 Å². The highest BCUT2D eigenvalue weighted by Crippen LogP contribution is 2.38. The van der Waals surface area contributed by atoms with Crippen molar-refractivity contribution in [2.24, 2.45) is 0 Å². The summed E-state index contributed by atoms with van der Waals surface area (Å²) in [5, 5.41) is 0.103. The zero-order chi connectivity index (χ0) is 36.8. The van der Waals surface area contributed by atoms with Crippen LogP contribution in [0.1, 0.15) is 134 Å². The van der Waals surface area contributed by atoms with Crippen molar-refractivity contribution in [2.75, 3.05) is 0 Å². The number of carbonyl (C=O) groups is 1. The lowest BCUT2D eigenvalue weighted by molar-refractivity contribution is -0.117. The van der Waals surface area contributed by atoms with Crippen LogP contribution in [0.25, 0.3) is 0 Å². The molecule has 3 aromatic carbocycles. The molecular formula is C46H66O4Si. The van der Waals surface area contributed by atoms with Gasteiger partial charge in [0.05, 0.1) is 12.7 Å². The van der Waals surface area contributed by atoms with Gasteiger partial charge in [-0.2, -0.15) is 0 Å². The first kappa shape index (κ1) is 42.2. The van der Waals surface area contributed by atoms with Crippen LogP contribution in [0.2, 0.25) is 18.1 Å². The zero-order valence-corrected chi connectivity index (χ0v) is 33.7. The molecule has 0 N–H and O–H groups in total. The number of Topliss-reactive ketones (excluding diaryl/α,β-unsaturated/α-hetero) is 1. The second kappa shape index (κ2) is 23.4. The van der Waals surface area contributed by atoms with Crippen LogP contribution < -0.4 is 4.74 Å². The molecule has 0 aromatic heterocycles. The van der Waals surface area contributed by atoms with Gasteiger partial charge in [-0.1, -0.05) is 165 Å². The van der Waals surface area contributed by atoms with E-state index in [4.69, 9.17) is 13.9 Å². The summed E-state index contributed by atoms with van der Waals surface area (Å²) in [6.45, 7) is 14.8. The molecule has 0 aliphatic rings. The van der Waals surface area contributed by atoms with Crippen LogP contribution in [0.5, 0.6) is 5.75 Å². The fourth-order valence-electron chi connectivity index (χ4n) is 5.92. The van der Waals surface area contributed by atoms with Crippen molar-refractivity contribution in [3.63, 3.8) is 0 Å². The van der Waals surface area contributed by atoms with E-state index in [1.165, 1.54) is 64.2 Å². The van der Waals surface area contributed by atoms with E-state index in [1.807, 2.05) is 72.8 Å². The maximum atomic E-state index is 13.3. The van der Waals surface area contributed by atoms with Gasteiger partial charge in [0, 0.05) is 18.1 Å². The van der Waals surface area contributed by atoms with Gasteiger partial charge in [-0.15, -0.1) is 0 Å². The lowest BCUT2D eigenvalue weighted by Gasteiger charge is -2.40. The van der Waals surface area contributed by atoms with Crippen molar-refractivity contribution in [1.82, 2.24) is 0 Å². The SMILES string of the molecule is CCCCCCCCCCCCC[C@H](C[C@H](CC(=O)C#Cc1ccc(OCc2ccccc2)cc1)OCc1ccccc1)O[Si](C)(C)C(C)(C)C. The van der Waals surface area contributed by atoms with Crippen molar-refractivity contribution in [1.29, 1.82) is 0 Å². The summed E-state index contributed by atoms with van der Waals surface area (Å²) in [4.78, 5) is 13.3. The van der Waals surface area contributed by atoms with Gasteiger partial charge < -0.3 is 13.9 Å². The molecule has 0 saturated heterocycles. The standard InChI is InChI=1S/C46H66O4Si/c1-7-8-9-10-11-12-13-14-15-16-23-28-44(50-51(5,6)46(2,3)4)36-45(49-38-41-26-21-18-22-27-41)35-42(47)32-29-39-30-33-43(34-31-39)48-37-40-24-19-17-20-25-40/h17-22,24-27,30-31,33-34,44-45H,7-16,23,28,35-38H2,1-6H3/t44-,45+/m1/s1. The summed E-state index contributed by atoms with van der Waals surface area (Å²) >= 11 is 0. The minimum Gasteiger partial charge on any atom is -0.489 e. The highest BCUT2D eigenvalue weighted by atomic mass is 28.4. The zero-order valence-electron chi connectivity index (χ0n) is 32.7. The maximum absolute atomic E-state index is 13.3. The molecule has 0 fully saturated rings. The predicted molar refractivity (Wildman–Crippen MR) is 217 cm³/mol. The fraction of sp³-hybridized carbons (Fsp3) is 0.543. The Bertz CT molecular complexity index is 1420. The van der Waals surface area contributed by atoms with Crippen LogP contribution in [0.4, 0.5) is 0 Å². The van der Waals surface area contributed by atoms with Crippen LogP contribution in [-0.2, 0) is 27.2 Å². The predicted octanol–water partition coefficient (Wildman–Crippen LogP) is 12.6. The number of ether oxygens (including phenoxy) is 2. The number of ketones is 1. The number of benzene rings is 3. The van der Waals surface area contributed by atoms with E-state index in [1.54, 1.807) is 0 Å². The highest BCUT2D eigenvalue weighted by molar-refractivity contribution is 6.74. The molecule has 0 heterocycles. The van der Waals surface area contributed by atoms with Gasteiger partial charge >= 0.3 is 0 Å². The third kappa shape index (κ3) is 17.7. The van der Waals surface area contributed by atoms with Crippen LogP contribution >= 0.6 is 0 Å². The average Bonchev–Trinajstić information content (AvgIpc) is 3.11. The molecule has 51 heavy (non-hydrogen) atoms. The van der Waals surface area contributed by atoms with Crippen molar-refractivity contribution < 1.29 is 18.7 Å². The quantitative estimate of drug-likeness (QED) is 0.0527. The molecule has 0 aliphatic carbocycles. The van der Waals surface area contributed by atoms with Gasteiger partial charge in [0.1, 0.15) is 12.4 Å². The molecule has 0 amide bonds. The first-order chi connectivity index (χ1) is 24.6. The molecule has 3 aromatic rings. The molecule has 0 radical (unpaired) electrons. The van der Waals surface area contributed by atoms with Crippen LogP contribution in [0.15, 0.2) is 84.9 Å². The molecule has 2 atom stereocenters. The Hall–Kier alpha value is -3.17. The van der Waals surface area contributed by atoms with Crippen molar-refractivity contribution in [2.45, 2.75) is 161 Å². The minimum absolute atomic E-state index is 0.0504. The Morgan fingerprint density at radius 3 is 1.76 bits per heavy atom. The molecule has 0 aliphatic heterocycles. The number of rotatable bonds is 24.